The van der Waals surface area contributed by atoms with E-state index in [1.54, 1.807) is 13.0 Å². The number of aromatic amines is 1. The van der Waals surface area contributed by atoms with Crippen LogP contribution in [-0.2, 0) is 14.8 Å². The van der Waals surface area contributed by atoms with Gasteiger partial charge in [-0.3, -0.25) is 4.79 Å². The second kappa shape index (κ2) is 5.27. The first-order chi connectivity index (χ1) is 8.63. The molecule has 0 saturated carbocycles. The van der Waals surface area contributed by atoms with Gasteiger partial charge in [-0.1, -0.05) is 12.2 Å². The van der Waals surface area contributed by atoms with Crippen molar-refractivity contribution in [1.82, 2.24) is 4.98 Å². The Morgan fingerprint density at radius 1 is 1.39 bits per heavy atom. The van der Waals surface area contributed by atoms with Gasteiger partial charge in [0.25, 0.3) is 0 Å². The number of pyridine rings is 1. The minimum atomic E-state index is -0.585. The molecule has 0 aromatic carbocycles. The van der Waals surface area contributed by atoms with Crippen molar-refractivity contribution >= 4 is 38.9 Å². The molecule has 1 aliphatic rings. The average Bonchev–Trinajstić information content (AvgIpc) is 2.53. The smallest absolute Gasteiger partial charge is 0.343 e. The molecule has 2 rings (SSSR count). The van der Waals surface area contributed by atoms with Crippen molar-refractivity contribution in [2.45, 2.75) is 6.92 Å². The Kier molecular flexibility index (Phi) is 3.72. The molecule has 5 heteroatoms. The van der Waals surface area contributed by atoms with Crippen LogP contribution >= 0.6 is 0 Å². The zero-order valence-electron chi connectivity index (χ0n) is 10.2. The summed E-state index contributed by atoms with van der Waals surface area (Å²) >= 11 is 0. The van der Waals surface area contributed by atoms with Crippen LogP contribution in [0.3, 0.4) is 0 Å². The number of hydrogen-bond donors (Lipinski definition) is 1. The van der Waals surface area contributed by atoms with E-state index in [-0.39, 0.29) is 27.7 Å². The van der Waals surface area contributed by atoms with Crippen molar-refractivity contribution in [3.05, 3.63) is 32.6 Å². The highest BCUT2D eigenvalue weighted by Crippen LogP contribution is 1.89. The molecule has 1 N–H and O–H groups in total. The summed E-state index contributed by atoms with van der Waals surface area (Å²) in [4.78, 5) is 26.8. The van der Waals surface area contributed by atoms with Crippen LogP contribution in [0.4, 0.5) is 0 Å². The van der Waals surface area contributed by atoms with Crippen LogP contribution < -0.4 is 16.0 Å². The topological polar surface area (TPSA) is 59.2 Å². The van der Waals surface area contributed by atoms with Crippen LogP contribution in [0.5, 0.6) is 0 Å². The van der Waals surface area contributed by atoms with Crippen molar-refractivity contribution in [1.29, 1.82) is 0 Å². The highest BCUT2D eigenvalue weighted by molar-refractivity contribution is 7.94. The van der Waals surface area contributed by atoms with E-state index in [0.29, 0.717) is 5.22 Å². The summed E-state index contributed by atoms with van der Waals surface area (Å²) in [7, 11) is 0.00102. The van der Waals surface area contributed by atoms with Gasteiger partial charge in [-0.15, -0.1) is 6.26 Å². The van der Waals surface area contributed by atoms with Crippen molar-refractivity contribution in [3.63, 3.8) is 0 Å². The third-order valence-corrected chi connectivity index (χ3v) is 3.68. The number of hydrogen-bond acceptors (Lipinski definition) is 4. The molecule has 0 amide bonds. The molecule has 0 radical (unpaired) electrons. The fourth-order valence-electron chi connectivity index (χ4n) is 1.62. The molecule has 0 aliphatic carbocycles. The van der Waals surface area contributed by atoms with Crippen LogP contribution in [0.15, 0.2) is 11.0 Å². The first kappa shape index (κ1) is 12.7. The number of aromatic nitrogens is 1. The molecule has 0 fully saturated rings. The van der Waals surface area contributed by atoms with E-state index in [4.69, 9.17) is 4.74 Å². The largest absolute Gasteiger partial charge is 0.474 e. The predicted octanol–water partition coefficient (Wildman–Crippen LogP) is -1.02. The van der Waals surface area contributed by atoms with Gasteiger partial charge in [0.05, 0.1) is 6.61 Å². The number of H-pyrrole nitrogens is 1. The molecule has 18 heavy (non-hydrogen) atoms. The second-order valence-electron chi connectivity index (χ2n) is 3.79. The summed E-state index contributed by atoms with van der Waals surface area (Å²) in [6.45, 7) is 1.96. The lowest BCUT2D eigenvalue weighted by Gasteiger charge is -2.00. The maximum Gasteiger partial charge on any atom is 0.343 e. The van der Waals surface area contributed by atoms with Crippen molar-refractivity contribution in [2.75, 3.05) is 12.9 Å². The quantitative estimate of drug-likeness (QED) is 0.422. The van der Waals surface area contributed by atoms with E-state index >= 15 is 0 Å². The Morgan fingerprint density at radius 2 is 2.11 bits per heavy atom. The van der Waals surface area contributed by atoms with E-state index < -0.39 is 5.97 Å². The van der Waals surface area contributed by atoms with Gasteiger partial charge >= 0.3 is 5.97 Å². The van der Waals surface area contributed by atoms with Crippen LogP contribution in [0.2, 0.25) is 0 Å². The van der Waals surface area contributed by atoms with Crippen molar-refractivity contribution in [3.8, 4) is 0 Å². The minimum absolute atomic E-state index is 0.00102. The number of esters is 1. The first-order valence-corrected chi connectivity index (χ1v) is 7.32. The number of ether oxygens (including phenoxy) is 1. The van der Waals surface area contributed by atoms with E-state index in [2.05, 4.69) is 11.2 Å². The number of rotatable bonds is 2. The van der Waals surface area contributed by atoms with E-state index in [9.17, 15) is 9.59 Å². The maximum absolute atomic E-state index is 12.2. The van der Waals surface area contributed by atoms with Crippen LogP contribution in [0.25, 0.3) is 12.2 Å². The first-order valence-electron chi connectivity index (χ1n) is 5.56. The van der Waals surface area contributed by atoms with Crippen LogP contribution in [-0.4, -0.2) is 34.6 Å². The van der Waals surface area contributed by atoms with E-state index in [0.717, 1.165) is 5.35 Å². The zero-order valence-corrected chi connectivity index (χ0v) is 11.0. The van der Waals surface area contributed by atoms with Gasteiger partial charge in [0, 0.05) is 16.8 Å². The highest BCUT2D eigenvalue weighted by atomic mass is 32.2. The number of carbonyl (C=O) groups is 1. The summed E-state index contributed by atoms with van der Waals surface area (Å²) in [6, 6.07) is 0. The van der Waals surface area contributed by atoms with Gasteiger partial charge in [0.15, 0.2) is 0 Å². The Morgan fingerprint density at radius 3 is 2.83 bits per heavy atom. The summed E-state index contributed by atoms with van der Waals surface area (Å²) < 4.78 is 4.85. The molecule has 96 valence electrons. The molecule has 1 aromatic rings. The standard InChI is InChI=1S/C13H14NO3S/c1-3-17-13(16)10-8-14-11-5-7-18(2)6-4-9(11)12(10)15/h4-8,14H,3H2,1-2H3/q-1. The van der Waals surface area contributed by atoms with Gasteiger partial charge in [-0.2, -0.15) is 10.7 Å². The summed E-state index contributed by atoms with van der Waals surface area (Å²) in [5, 5.41) is 5.20. The van der Waals surface area contributed by atoms with Gasteiger partial charge in [-0.05, 0) is 6.92 Å². The lowest BCUT2D eigenvalue weighted by molar-refractivity contribution is 0.0524. The maximum atomic E-state index is 12.2. The fraction of sp³-hybridized carbons (Fsp3) is 0.231. The molecule has 0 atom stereocenters. The van der Waals surface area contributed by atoms with Crippen molar-refractivity contribution < 1.29 is 9.53 Å². The third-order valence-electron chi connectivity index (χ3n) is 2.55. The van der Waals surface area contributed by atoms with Crippen LogP contribution in [0.1, 0.15) is 17.3 Å². The number of carbonyl (C=O) groups excluding carboxylic acids is 1. The summed E-state index contributed by atoms with van der Waals surface area (Å²) in [5.41, 5.74) is -0.242. The molecule has 0 unspecified atom stereocenters. The molecular weight excluding hydrogens is 250 g/mol. The molecular formula is C13H14NO3S-. The van der Waals surface area contributed by atoms with E-state index in [1.807, 2.05) is 16.8 Å². The Hall–Kier alpha value is -1.75. The minimum Gasteiger partial charge on any atom is -0.474 e. The molecule has 1 aliphatic heterocycles. The molecule has 0 bridgehead atoms. The van der Waals surface area contributed by atoms with Crippen molar-refractivity contribution in [2.24, 2.45) is 0 Å². The molecule has 0 saturated heterocycles. The lowest BCUT2D eigenvalue weighted by Crippen LogP contribution is -2.44. The van der Waals surface area contributed by atoms with Gasteiger partial charge in [0.1, 0.15) is 5.56 Å². The SMILES string of the molecule is CCOC(=O)c1c[nH]c2c(c1=O)=CC=[S-](C)=CC=2. The second-order valence-corrected chi connectivity index (χ2v) is 5.55. The Balaban J connectivity index is 2.69. The molecule has 4 nitrogen and oxygen atoms in total. The van der Waals surface area contributed by atoms with Gasteiger partial charge in [-0.25, -0.2) is 4.79 Å². The predicted molar refractivity (Wildman–Crippen MR) is 76.6 cm³/mol. The molecule has 0 spiro atoms. The summed E-state index contributed by atoms with van der Waals surface area (Å²) in [6.07, 6.45) is 7.10. The molecule has 1 aromatic heterocycles. The fourth-order valence-corrected chi connectivity index (χ4v) is 2.41. The van der Waals surface area contributed by atoms with Crippen LogP contribution in [0, 0.1) is 0 Å². The summed E-state index contributed by atoms with van der Waals surface area (Å²) in [5.74, 6) is -0.585. The van der Waals surface area contributed by atoms with Gasteiger partial charge < -0.3 is 19.8 Å². The lowest BCUT2D eigenvalue weighted by atomic mass is 10.2. The normalized spacial score (nSPS) is 14.1. The number of nitrogens with one attached hydrogen (secondary N) is 1. The number of fused-ring (bicyclic) bond motifs is 1. The van der Waals surface area contributed by atoms with E-state index in [1.165, 1.54) is 6.20 Å². The van der Waals surface area contributed by atoms with Gasteiger partial charge in [0.2, 0.25) is 5.43 Å². The highest BCUT2D eigenvalue weighted by Gasteiger charge is 2.11. The monoisotopic (exact) mass is 264 g/mol. The zero-order chi connectivity index (χ0) is 13.1. The Labute approximate surface area is 106 Å². The third kappa shape index (κ3) is 2.41. The average molecular weight is 264 g/mol. The molecule has 2 heterocycles. The Bertz CT molecular complexity index is 749.